The van der Waals surface area contributed by atoms with E-state index in [-0.39, 0.29) is 11.4 Å². The van der Waals surface area contributed by atoms with Gasteiger partial charge in [-0.15, -0.1) is 6.58 Å². The number of fused-ring (bicyclic) bond motifs is 1. The van der Waals surface area contributed by atoms with E-state index in [1.54, 1.807) is 12.1 Å². The highest BCUT2D eigenvalue weighted by Gasteiger charge is 2.26. The number of nitrogens with two attached hydrogens (primary N) is 1. The van der Waals surface area contributed by atoms with Gasteiger partial charge in [-0.2, -0.15) is 0 Å². The van der Waals surface area contributed by atoms with Crippen molar-refractivity contribution < 1.29 is 8.42 Å². The molecule has 0 aliphatic rings. The molecule has 0 fully saturated rings. The number of hydrogen-bond donors (Lipinski definition) is 1. The van der Waals surface area contributed by atoms with Gasteiger partial charge < -0.3 is 5.73 Å². The molecule has 0 atom stereocenters. The number of para-hydroxylation sites is 1. The molecule has 0 spiro atoms. The van der Waals surface area contributed by atoms with Crippen molar-refractivity contribution in [3.05, 3.63) is 61.2 Å². The first kappa shape index (κ1) is 15.5. The zero-order valence-electron chi connectivity index (χ0n) is 12.2. The summed E-state index contributed by atoms with van der Waals surface area (Å²) in [5, 5.41) is 0.411. The molecule has 7 heteroatoms. The molecule has 1 heterocycles. The van der Waals surface area contributed by atoms with Crippen LogP contribution in [0.25, 0.3) is 10.2 Å². The predicted molar refractivity (Wildman–Crippen MR) is 95.2 cm³/mol. The first-order valence-electron chi connectivity index (χ1n) is 6.87. The van der Waals surface area contributed by atoms with Crippen LogP contribution in [-0.2, 0) is 10.0 Å². The molecule has 1 aromatic heterocycles. The van der Waals surface area contributed by atoms with Crippen LogP contribution in [0.5, 0.6) is 0 Å². The lowest BCUT2D eigenvalue weighted by Crippen LogP contribution is -2.31. The average Bonchev–Trinajstić information content (AvgIpc) is 2.95. The topological polar surface area (TPSA) is 76.3 Å². The second kappa shape index (κ2) is 6.02. The molecule has 3 aromatic rings. The molecule has 5 nitrogen and oxygen atoms in total. The molecule has 0 aliphatic carbocycles. The molecule has 0 unspecified atom stereocenters. The van der Waals surface area contributed by atoms with E-state index >= 15 is 0 Å². The van der Waals surface area contributed by atoms with Crippen molar-refractivity contribution in [2.24, 2.45) is 0 Å². The smallest absolute Gasteiger partial charge is 0.266 e. The molecule has 0 bridgehead atoms. The third-order valence-corrected chi connectivity index (χ3v) is 6.16. The third-order valence-electron chi connectivity index (χ3n) is 3.24. The van der Waals surface area contributed by atoms with E-state index < -0.39 is 10.0 Å². The van der Waals surface area contributed by atoms with Crippen molar-refractivity contribution in [3.8, 4) is 0 Å². The number of benzene rings is 2. The maximum atomic E-state index is 12.9. The van der Waals surface area contributed by atoms with Crippen LogP contribution in [-0.4, -0.2) is 19.9 Å². The van der Waals surface area contributed by atoms with E-state index in [1.165, 1.54) is 33.9 Å². The van der Waals surface area contributed by atoms with Gasteiger partial charge in [0.15, 0.2) is 0 Å². The maximum absolute atomic E-state index is 12.9. The van der Waals surface area contributed by atoms with E-state index in [9.17, 15) is 8.42 Å². The van der Waals surface area contributed by atoms with Crippen LogP contribution >= 0.6 is 11.3 Å². The van der Waals surface area contributed by atoms with Crippen molar-refractivity contribution in [2.45, 2.75) is 4.90 Å². The minimum Gasteiger partial charge on any atom is -0.399 e. The molecule has 0 saturated carbocycles. The van der Waals surface area contributed by atoms with E-state index in [0.717, 1.165) is 10.2 Å². The number of hydrogen-bond acceptors (Lipinski definition) is 5. The number of anilines is 2. The second-order valence-corrected chi connectivity index (χ2v) is 7.73. The number of nitrogen functional groups attached to an aromatic ring is 1. The molecular formula is C16H15N3O2S2. The van der Waals surface area contributed by atoms with Gasteiger partial charge in [-0.25, -0.2) is 17.7 Å². The lowest BCUT2D eigenvalue weighted by atomic mass is 10.3. The number of thiazole rings is 1. The summed E-state index contributed by atoms with van der Waals surface area (Å²) in [5.74, 6) is 0. The maximum Gasteiger partial charge on any atom is 0.266 e. The summed E-state index contributed by atoms with van der Waals surface area (Å²) in [6, 6.07) is 13.8. The fraction of sp³-hybridized carbons (Fsp3) is 0.0625. The fourth-order valence-corrected chi connectivity index (χ4v) is 4.79. The first-order valence-corrected chi connectivity index (χ1v) is 9.13. The normalized spacial score (nSPS) is 11.5. The number of nitrogens with zero attached hydrogens (tertiary/aromatic N) is 2. The second-order valence-electron chi connectivity index (χ2n) is 4.86. The Kier molecular flexibility index (Phi) is 4.06. The van der Waals surface area contributed by atoms with Gasteiger partial charge in [0.05, 0.1) is 21.7 Å². The van der Waals surface area contributed by atoms with Gasteiger partial charge >= 0.3 is 0 Å². The van der Waals surface area contributed by atoms with Crippen LogP contribution < -0.4 is 10.0 Å². The average molecular weight is 345 g/mol. The largest absolute Gasteiger partial charge is 0.399 e. The Morgan fingerprint density at radius 1 is 1.22 bits per heavy atom. The minimum absolute atomic E-state index is 0.136. The summed E-state index contributed by atoms with van der Waals surface area (Å²) in [7, 11) is -3.76. The van der Waals surface area contributed by atoms with Crippen molar-refractivity contribution in [1.82, 2.24) is 4.98 Å². The van der Waals surface area contributed by atoms with E-state index in [1.807, 2.05) is 24.3 Å². The molecule has 0 aliphatic heterocycles. The Hall–Kier alpha value is -2.38. The summed E-state index contributed by atoms with van der Waals surface area (Å²) < 4.78 is 28.1. The minimum atomic E-state index is -3.76. The van der Waals surface area contributed by atoms with Crippen LogP contribution in [0.3, 0.4) is 0 Å². The van der Waals surface area contributed by atoms with Gasteiger partial charge in [0, 0.05) is 5.69 Å². The van der Waals surface area contributed by atoms with Gasteiger partial charge in [-0.1, -0.05) is 35.6 Å². The zero-order chi connectivity index (χ0) is 16.4. The molecule has 0 radical (unpaired) electrons. The molecule has 0 amide bonds. The van der Waals surface area contributed by atoms with E-state index in [0.29, 0.717) is 10.8 Å². The monoisotopic (exact) mass is 345 g/mol. The Bertz CT molecular complexity index is 931. The summed E-state index contributed by atoms with van der Waals surface area (Å²) in [6.07, 6.45) is 1.54. The van der Waals surface area contributed by atoms with Crippen molar-refractivity contribution in [3.63, 3.8) is 0 Å². The van der Waals surface area contributed by atoms with E-state index in [2.05, 4.69) is 11.6 Å². The Morgan fingerprint density at radius 2 is 2.00 bits per heavy atom. The lowest BCUT2D eigenvalue weighted by molar-refractivity contribution is 0.593. The highest BCUT2D eigenvalue weighted by atomic mass is 32.2. The summed E-state index contributed by atoms with van der Waals surface area (Å²) in [5.41, 5.74) is 6.88. The molecule has 3 rings (SSSR count). The van der Waals surface area contributed by atoms with Gasteiger partial charge in [0.25, 0.3) is 10.0 Å². The highest BCUT2D eigenvalue weighted by Crippen LogP contribution is 2.32. The van der Waals surface area contributed by atoms with Crippen molar-refractivity contribution >= 4 is 42.4 Å². The van der Waals surface area contributed by atoms with Gasteiger partial charge in [-0.3, -0.25) is 0 Å². The lowest BCUT2D eigenvalue weighted by Gasteiger charge is -2.20. The number of rotatable bonds is 5. The first-order chi connectivity index (χ1) is 11.0. The SMILES string of the molecule is C=CCN(c1nc2ccccc2s1)S(=O)(=O)c1cccc(N)c1. The van der Waals surface area contributed by atoms with Gasteiger partial charge in [0.1, 0.15) is 0 Å². The van der Waals surface area contributed by atoms with Crippen molar-refractivity contribution in [1.29, 1.82) is 0 Å². The summed E-state index contributed by atoms with van der Waals surface area (Å²) in [6.45, 7) is 3.79. The van der Waals surface area contributed by atoms with Crippen LogP contribution in [0.2, 0.25) is 0 Å². The molecule has 23 heavy (non-hydrogen) atoms. The molecular weight excluding hydrogens is 330 g/mol. The Balaban J connectivity index is 2.12. The van der Waals surface area contributed by atoms with Crippen molar-refractivity contribution in [2.75, 3.05) is 16.6 Å². The third kappa shape index (κ3) is 2.93. The van der Waals surface area contributed by atoms with Crippen LogP contribution in [0.15, 0.2) is 66.1 Å². The van der Waals surface area contributed by atoms with Gasteiger partial charge in [0.2, 0.25) is 5.13 Å². The molecule has 118 valence electrons. The fourth-order valence-electron chi connectivity index (χ4n) is 2.17. The summed E-state index contributed by atoms with van der Waals surface area (Å²) in [4.78, 5) is 4.57. The van der Waals surface area contributed by atoms with Crippen LogP contribution in [0, 0.1) is 0 Å². The summed E-state index contributed by atoms with van der Waals surface area (Å²) >= 11 is 1.33. The van der Waals surface area contributed by atoms with Crippen LogP contribution in [0.1, 0.15) is 0 Å². The predicted octanol–water partition coefficient (Wildman–Crippen LogP) is 3.26. The quantitative estimate of drug-likeness (QED) is 0.569. The zero-order valence-corrected chi connectivity index (χ0v) is 13.8. The van der Waals surface area contributed by atoms with E-state index in [4.69, 9.17) is 5.73 Å². The molecule has 2 N–H and O–H groups in total. The highest BCUT2D eigenvalue weighted by molar-refractivity contribution is 7.93. The Morgan fingerprint density at radius 3 is 2.70 bits per heavy atom. The van der Waals surface area contributed by atoms with Gasteiger partial charge in [-0.05, 0) is 30.3 Å². The van der Waals surface area contributed by atoms with Crippen LogP contribution in [0.4, 0.5) is 10.8 Å². The standard InChI is InChI=1S/C16H15N3O2S2/c1-2-10-19(16-18-14-8-3-4-9-15(14)22-16)23(20,21)13-7-5-6-12(17)11-13/h2-9,11H,1,10,17H2. The molecule has 0 saturated heterocycles. The number of sulfonamides is 1. The number of aromatic nitrogens is 1. The molecule has 2 aromatic carbocycles. The Labute approximate surface area is 138 Å².